The van der Waals surface area contributed by atoms with Crippen molar-refractivity contribution < 1.29 is 19.4 Å². The Morgan fingerprint density at radius 2 is 1.81 bits per heavy atom. The number of carbonyl (C=O) groups excluding carboxylic acids is 1. The molecule has 2 N–H and O–H groups in total. The van der Waals surface area contributed by atoms with E-state index < -0.39 is 5.97 Å². The van der Waals surface area contributed by atoms with Crippen molar-refractivity contribution >= 4 is 17.6 Å². The average molecular weight is 355 g/mol. The Balaban J connectivity index is 1.84. The summed E-state index contributed by atoms with van der Waals surface area (Å²) in [4.78, 5) is 23.2. The van der Waals surface area contributed by atoms with Crippen LogP contribution in [0.4, 0.5) is 5.69 Å². The van der Waals surface area contributed by atoms with E-state index in [1.807, 2.05) is 18.2 Å². The standard InChI is InChI=1S/C21H25NO4/c1-3-15(2)16-9-5-7-12-19(16)26-14-8-13-20(23)22-18-11-6-4-10-17(18)21(24)25/h4-7,9-12,15H,3,8,13-14H2,1-2H3,(H,22,23)(H,24,25). The number of hydrogen-bond donors (Lipinski definition) is 2. The summed E-state index contributed by atoms with van der Waals surface area (Å²) in [6.07, 6.45) is 1.85. The van der Waals surface area contributed by atoms with Gasteiger partial charge in [0.15, 0.2) is 0 Å². The van der Waals surface area contributed by atoms with E-state index in [9.17, 15) is 9.59 Å². The summed E-state index contributed by atoms with van der Waals surface area (Å²) in [5, 5.41) is 11.8. The van der Waals surface area contributed by atoms with Crippen molar-refractivity contribution in [3.63, 3.8) is 0 Å². The van der Waals surface area contributed by atoms with E-state index in [1.54, 1.807) is 18.2 Å². The van der Waals surface area contributed by atoms with Crippen LogP contribution >= 0.6 is 0 Å². The zero-order valence-electron chi connectivity index (χ0n) is 15.2. The van der Waals surface area contributed by atoms with Crippen molar-refractivity contribution in [3.05, 3.63) is 59.7 Å². The van der Waals surface area contributed by atoms with E-state index in [-0.39, 0.29) is 17.9 Å². The number of benzene rings is 2. The number of anilines is 1. The molecule has 1 amide bonds. The SMILES string of the molecule is CCC(C)c1ccccc1OCCCC(=O)Nc1ccccc1C(=O)O. The second kappa shape index (κ2) is 9.61. The molecule has 0 fully saturated rings. The molecule has 138 valence electrons. The first kappa shape index (κ1) is 19.5. The lowest BCUT2D eigenvalue weighted by Gasteiger charge is -2.15. The Bertz CT molecular complexity index is 757. The highest BCUT2D eigenvalue weighted by Gasteiger charge is 2.12. The largest absolute Gasteiger partial charge is 0.493 e. The molecule has 1 atom stereocenters. The predicted molar refractivity (Wildman–Crippen MR) is 102 cm³/mol. The number of amides is 1. The smallest absolute Gasteiger partial charge is 0.337 e. The fourth-order valence-corrected chi connectivity index (χ4v) is 2.65. The fourth-order valence-electron chi connectivity index (χ4n) is 2.65. The number of nitrogens with one attached hydrogen (secondary N) is 1. The third-order valence-electron chi connectivity index (χ3n) is 4.30. The first-order chi connectivity index (χ1) is 12.5. The molecule has 0 saturated carbocycles. The molecule has 2 aromatic rings. The molecule has 5 heteroatoms. The van der Waals surface area contributed by atoms with Crippen LogP contribution in [0.2, 0.25) is 0 Å². The minimum atomic E-state index is -1.06. The van der Waals surface area contributed by atoms with Crippen LogP contribution in [0.25, 0.3) is 0 Å². The normalized spacial score (nSPS) is 11.6. The Kier molecular flexibility index (Phi) is 7.21. The van der Waals surface area contributed by atoms with E-state index in [0.717, 1.165) is 12.2 Å². The average Bonchev–Trinajstić information content (AvgIpc) is 2.65. The summed E-state index contributed by atoms with van der Waals surface area (Å²) >= 11 is 0. The van der Waals surface area contributed by atoms with Gasteiger partial charge in [0.2, 0.25) is 5.91 Å². The van der Waals surface area contributed by atoms with Crippen LogP contribution in [-0.2, 0) is 4.79 Å². The van der Waals surface area contributed by atoms with Gasteiger partial charge in [-0.3, -0.25) is 4.79 Å². The molecule has 0 aliphatic rings. The van der Waals surface area contributed by atoms with Gasteiger partial charge in [-0.15, -0.1) is 0 Å². The third kappa shape index (κ3) is 5.34. The van der Waals surface area contributed by atoms with Gasteiger partial charge in [0.1, 0.15) is 5.75 Å². The number of carboxylic acids is 1. The van der Waals surface area contributed by atoms with E-state index >= 15 is 0 Å². The van der Waals surface area contributed by atoms with Crippen molar-refractivity contribution in [2.45, 2.75) is 39.0 Å². The number of carboxylic acid groups (broad SMARTS) is 1. The quantitative estimate of drug-likeness (QED) is 0.640. The second-order valence-electron chi connectivity index (χ2n) is 6.20. The van der Waals surface area contributed by atoms with Crippen molar-refractivity contribution in [2.24, 2.45) is 0 Å². The molecule has 0 radical (unpaired) electrons. The maximum atomic E-state index is 12.1. The topological polar surface area (TPSA) is 75.6 Å². The zero-order chi connectivity index (χ0) is 18.9. The van der Waals surface area contributed by atoms with Crippen LogP contribution in [0.1, 0.15) is 54.9 Å². The monoisotopic (exact) mass is 355 g/mol. The summed E-state index contributed by atoms with van der Waals surface area (Å²) in [5.41, 5.74) is 1.57. The van der Waals surface area contributed by atoms with E-state index in [0.29, 0.717) is 24.6 Å². The highest BCUT2D eigenvalue weighted by Crippen LogP contribution is 2.28. The van der Waals surface area contributed by atoms with Gasteiger partial charge in [-0.1, -0.05) is 44.2 Å². The molecule has 0 heterocycles. The summed E-state index contributed by atoms with van der Waals surface area (Å²) < 4.78 is 5.85. The maximum Gasteiger partial charge on any atom is 0.337 e. The molecule has 0 aliphatic heterocycles. The molecule has 2 aromatic carbocycles. The molecule has 26 heavy (non-hydrogen) atoms. The maximum absolute atomic E-state index is 12.1. The third-order valence-corrected chi connectivity index (χ3v) is 4.30. The molecular weight excluding hydrogens is 330 g/mol. The zero-order valence-corrected chi connectivity index (χ0v) is 15.2. The van der Waals surface area contributed by atoms with Crippen LogP contribution in [-0.4, -0.2) is 23.6 Å². The molecule has 1 unspecified atom stereocenters. The molecule has 0 spiro atoms. The van der Waals surface area contributed by atoms with Gasteiger partial charge in [0.25, 0.3) is 0 Å². The van der Waals surface area contributed by atoms with Gasteiger partial charge < -0.3 is 15.2 Å². The molecule has 2 rings (SSSR count). The molecule has 0 aromatic heterocycles. The molecule has 0 aliphatic carbocycles. The highest BCUT2D eigenvalue weighted by atomic mass is 16.5. The number of aromatic carboxylic acids is 1. The Labute approximate surface area is 154 Å². The van der Waals surface area contributed by atoms with Gasteiger partial charge in [-0.05, 0) is 42.5 Å². The van der Waals surface area contributed by atoms with Crippen LogP contribution in [0.5, 0.6) is 5.75 Å². The lowest BCUT2D eigenvalue weighted by Crippen LogP contribution is -2.15. The van der Waals surface area contributed by atoms with Crippen LogP contribution < -0.4 is 10.1 Å². The number of carbonyl (C=O) groups is 2. The van der Waals surface area contributed by atoms with Crippen LogP contribution in [0.15, 0.2) is 48.5 Å². The highest BCUT2D eigenvalue weighted by molar-refractivity contribution is 6.00. The van der Waals surface area contributed by atoms with Crippen LogP contribution in [0, 0.1) is 0 Å². The molecule has 0 bridgehead atoms. The van der Waals surface area contributed by atoms with Gasteiger partial charge >= 0.3 is 5.97 Å². The van der Waals surface area contributed by atoms with Crippen molar-refractivity contribution in [3.8, 4) is 5.75 Å². The summed E-state index contributed by atoms with van der Waals surface area (Å²) in [7, 11) is 0. The Morgan fingerprint density at radius 3 is 2.54 bits per heavy atom. The van der Waals surface area contributed by atoms with Gasteiger partial charge in [-0.25, -0.2) is 4.79 Å². The van der Waals surface area contributed by atoms with E-state index in [4.69, 9.17) is 9.84 Å². The van der Waals surface area contributed by atoms with Gasteiger partial charge in [0, 0.05) is 6.42 Å². The lowest BCUT2D eigenvalue weighted by atomic mass is 9.98. The van der Waals surface area contributed by atoms with E-state index in [2.05, 4.69) is 25.2 Å². The van der Waals surface area contributed by atoms with Crippen molar-refractivity contribution in [1.82, 2.24) is 0 Å². The van der Waals surface area contributed by atoms with Crippen molar-refractivity contribution in [2.75, 3.05) is 11.9 Å². The number of ether oxygens (including phenoxy) is 1. The number of rotatable bonds is 9. The minimum Gasteiger partial charge on any atom is -0.493 e. The summed E-state index contributed by atoms with van der Waals surface area (Å²) in [5.74, 6) is -0.0103. The lowest BCUT2D eigenvalue weighted by molar-refractivity contribution is -0.116. The first-order valence-electron chi connectivity index (χ1n) is 8.86. The van der Waals surface area contributed by atoms with Crippen molar-refractivity contribution in [1.29, 1.82) is 0 Å². The van der Waals surface area contributed by atoms with Gasteiger partial charge in [0.05, 0.1) is 17.9 Å². The number of hydrogen-bond acceptors (Lipinski definition) is 3. The van der Waals surface area contributed by atoms with Gasteiger partial charge in [-0.2, -0.15) is 0 Å². The second-order valence-corrected chi connectivity index (χ2v) is 6.20. The summed E-state index contributed by atoms with van der Waals surface area (Å²) in [6, 6.07) is 14.3. The van der Waals surface area contributed by atoms with E-state index in [1.165, 1.54) is 11.6 Å². The Hall–Kier alpha value is -2.82. The minimum absolute atomic E-state index is 0.0829. The number of para-hydroxylation sites is 2. The molecule has 5 nitrogen and oxygen atoms in total. The predicted octanol–water partition coefficient (Wildman–Crippen LogP) is 4.70. The van der Waals surface area contributed by atoms with Crippen LogP contribution in [0.3, 0.4) is 0 Å². The summed E-state index contributed by atoms with van der Waals surface area (Å²) in [6.45, 7) is 4.73. The Morgan fingerprint density at radius 1 is 1.12 bits per heavy atom. The fraction of sp³-hybridized carbons (Fsp3) is 0.333. The molecule has 0 saturated heterocycles. The first-order valence-corrected chi connectivity index (χ1v) is 8.86. The molecular formula is C21H25NO4.